The zero-order valence-corrected chi connectivity index (χ0v) is 17.6. The Morgan fingerprint density at radius 2 is 1.76 bits per heavy atom. The summed E-state index contributed by atoms with van der Waals surface area (Å²) in [6.07, 6.45) is -2.86. The molecule has 3 atom stereocenters. The van der Waals surface area contributed by atoms with Crippen molar-refractivity contribution in [2.45, 2.75) is 18.0 Å². The van der Waals surface area contributed by atoms with Gasteiger partial charge in [-0.3, -0.25) is 4.79 Å². The molecule has 176 valence electrons. The highest BCUT2D eigenvalue weighted by Crippen LogP contribution is 2.43. The lowest BCUT2D eigenvalue weighted by molar-refractivity contribution is -0.116. The molecule has 0 unspecified atom stereocenters. The van der Waals surface area contributed by atoms with Crippen LogP contribution in [0.15, 0.2) is 39.5 Å². The molecule has 0 radical (unpaired) electrons. The molecular weight excluding hydrogens is 440 g/mol. The lowest BCUT2D eigenvalue weighted by atomic mass is 10.0. The SMILES string of the molecule is COc1cc(-c2cc(=O)c3c(O)cc(O)cc3o2)cc(OC)c1O[C@@H]1OC[C@](O)(CO)[C@H]1O. The van der Waals surface area contributed by atoms with E-state index in [0.717, 1.165) is 6.07 Å². The van der Waals surface area contributed by atoms with E-state index in [1.807, 2.05) is 0 Å². The van der Waals surface area contributed by atoms with E-state index in [0.29, 0.717) is 5.56 Å². The van der Waals surface area contributed by atoms with Gasteiger partial charge in [0.1, 0.15) is 39.9 Å². The first-order valence-electron chi connectivity index (χ1n) is 9.76. The molecule has 11 heteroatoms. The van der Waals surface area contributed by atoms with Crippen LogP contribution in [0, 0.1) is 0 Å². The Balaban J connectivity index is 1.77. The molecule has 0 bridgehead atoms. The van der Waals surface area contributed by atoms with Crippen LogP contribution in [0.3, 0.4) is 0 Å². The minimum absolute atomic E-state index is 0.0287. The van der Waals surface area contributed by atoms with Crippen LogP contribution in [0.5, 0.6) is 28.7 Å². The molecule has 2 heterocycles. The summed E-state index contributed by atoms with van der Waals surface area (Å²) < 4.78 is 27.4. The van der Waals surface area contributed by atoms with Crippen LogP contribution in [-0.4, -0.2) is 71.0 Å². The second-order valence-corrected chi connectivity index (χ2v) is 7.53. The van der Waals surface area contributed by atoms with Gasteiger partial charge in [0.15, 0.2) is 16.9 Å². The van der Waals surface area contributed by atoms with Gasteiger partial charge in [0.25, 0.3) is 0 Å². The average molecular weight is 462 g/mol. The average Bonchev–Trinajstić information content (AvgIpc) is 3.07. The van der Waals surface area contributed by atoms with Crippen molar-refractivity contribution < 1.29 is 48.9 Å². The molecule has 1 fully saturated rings. The third kappa shape index (κ3) is 3.91. The predicted octanol–water partition coefficient (Wildman–Crippen LogP) is 0.708. The van der Waals surface area contributed by atoms with Gasteiger partial charge in [0, 0.05) is 23.8 Å². The van der Waals surface area contributed by atoms with E-state index in [1.165, 1.54) is 38.5 Å². The van der Waals surface area contributed by atoms with E-state index in [2.05, 4.69) is 0 Å². The summed E-state index contributed by atoms with van der Waals surface area (Å²) in [5.41, 5.74) is -2.10. The number of rotatable bonds is 6. The van der Waals surface area contributed by atoms with Crippen molar-refractivity contribution in [1.29, 1.82) is 0 Å². The van der Waals surface area contributed by atoms with Crippen molar-refractivity contribution in [2.24, 2.45) is 0 Å². The van der Waals surface area contributed by atoms with E-state index in [4.69, 9.17) is 23.4 Å². The fourth-order valence-electron chi connectivity index (χ4n) is 3.54. The molecule has 2 aromatic carbocycles. The van der Waals surface area contributed by atoms with E-state index in [1.54, 1.807) is 0 Å². The van der Waals surface area contributed by atoms with E-state index >= 15 is 0 Å². The second kappa shape index (κ2) is 8.45. The van der Waals surface area contributed by atoms with Crippen molar-refractivity contribution in [3.8, 4) is 40.1 Å². The molecular formula is C22H22O11. The minimum atomic E-state index is -1.88. The molecule has 0 saturated carbocycles. The van der Waals surface area contributed by atoms with Crippen LogP contribution in [0.2, 0.25) is 0 Å². The lowest BCUT2D eigenvalue weighted by Gasteiger charge is -2.25. The van der Waals surface area contributed by atoms with Crippen LogP contribution in [0.1, 0.15) is 0 Å². The van der Waals surface area contributed by atoms with E-state index < -0.39 is 35.8 Å². The van der Waals surface area contributed by atoms with E-state index in [-0.39, 0.29) is 46.3 Å². The third-order valence-corrected chi connectivity index (χ3v) is 5.35. The van der Waals surface area contributed by atoms with Gasteiger partial charge in [-0.05, 0) is 12.1 Å². The Hall–Kier alpha value is -3.51. The predicted molar refractivity (Wildman–Crippen MR) is 113 cm³/mol. The maximum atomic E-state index is 12.6. The van der Waals surface area contributed by atoms with Crippen molar-refractivity contribution in [3.63, 3.8) is 0 Å². The van der Waals surface area contributed by atoms with Crippen LogP contribution in [-0.2, 0) is 4.74 Å². The van der Waals surface area contributed by atoms with Crippen molar-refractivity contribution in [2.75, 3.05) is 27.4 Å². The van der Waals surface area contributed by atoms with Crippen molar-refractivity contribution >= 4 is 11.0 Å². The number of phenolic OH excluding ortho intramolecular Hbond substituents is 2. The summed E-state index contributed by atoms with van der Waals surface area (Å²) in [5.74, 6) is -0.317. The summed E-state index contributed by atoms with van der Waals surface area (Å²) in [6.45, 7) is -1.08. The number of aliphatic hydroxyl groups excluding tert-OH is 2. The lowest BCUT2D eigenvalue weighted by Crippen LogP contribution is -2.48. The number of methoxy groups -OCH3 is 2. The van der Waals surface area contributed by atoms with Gasteiger partial charge >= 0.3 is 0 Å². The van der Waals surface area contributed by atoms with Gasteiger partial charge < -0.3 is 48.9 Å². The van der Waals surface area contributed by atoms with Gasteiger partial charge in [-0.25, -0.2) is 0 Å². The van der Waals surface area contributed by atoms with Crippen LogP contribution in [0.4, 0.5) is 0 Å². The molecule has 4 rings (SSSR count). The monoisotopic (exact) mass is 462 g/mol. The van der Waals surface area contributed by atoms with Gasteiger partial charge in [0.2, 0.25) is 12.0 Å². The molecule has 5 N–H and O–H groups in total. The first-order chi connectivity index (χ1) is 15.7. The number of hydrogen-bond acceptors (Lipinski definition) is 11. The Labute approximate surface area is 186 Å². The summed E-state index contributed by atoms with van der Waals surface area (Å²) in [6, 6.07) is 6.36. The van der Waals surface area contributed by atoms with Crippen LogP contribution < -0.4 is 19.6 Å². The highest BCUT2D eigenvalue weighted by Gasteiger charge is 2.49. The highest BCUT2D eigenvalue weighted by atomic mass is 16.7. The molecule has 3 aromatic rings. The smallest absolute Gasteiger partial charge is 0.229 e. The Bertz CT molecular complexity index is 1230. The maximum absolute atomic E-state index is 12.6. The Morgan fingerprint density at radius 3 is 2.33 bits per heavy atom. The quantitative estimate of drug-likeness (QED) is 0.350. The Kier molecular flexibility index (Phi) is 5.80. The molecule has 1 aromatic heterocycles. The number of aromatic hydroxyl groups is 2. The minimum Gasteiger partial charge on any atom is -0.508 e. The second-order valence-electron chi connectivity index (χ2n) is 7.53. The molecule has 1 aliphatic rings. The maximum Gasteiger partial charge on any atom is 0.229 e. The first kappa shape index (κ1) is 22.7. The van der Waals surface area contributed by atoms with Crippen molar-refractivity contribution in [1.82, 2.24) is 0 Å². The number of hydrogen-bond donors (Lipinski definition) is 5. The van der Waals surface area contributed by atoms with Gasteiger partial charge in [-0.15, -0.1) is 0 Å². The Morgan fingerprint density at radius 1 is 1.09 bits per heavy atom. The van der Waals surface area contributed by atoms with Gasteiger partial charge in [-0.1, -0.05) is 0 Å². The topological polar surface area (TPSA) is 168 Å². The van der Waals surface area contributed by atoms with Gasteiger partial charge in [0.05, 0.1) is 27.4 Å². The van der Waals surface area contributed by atoms with Gasteiger partial charge in [-0.2, -0.15) is 0 Å². The number of aliphatic hydroxyl groups is 3. The molecule has 0 amide bonds. The molecule has 1 saturated heterocycles. The van der Waals surface area contributed by atoms with Crippen molar-refractivity contribution in [3.05, 3.63) is 40.6 Å². The molecule has 0 aliphatic carbocycles. The normalized spacial score (nSPS) is 22.5. The molecule has 11 nitrogen and oxygen atoms in total. The first-order valence-corrected chi connectivity index (χ1v) is 9.76. The summed E-state index contributed by atoms with van der Waals surface area (Å²) >= 11 is 0. The number of fused-ring (bicyclic) bond motifs is 1. The zero-order chi connectivity index (χ0) is 23.9. The number of ether oxygens (including phenoxy) is 4. The summed E-state index contributed by atoms with van der Waals surface area (Å²) in [5, 5.41) is 49.4. The van der Waals surface area contributed by atoms with Crippen LogP contribution >= 0.6 is 0 Å². The summed E-state index contributed by atoms with van der Waals surface area (Å²) in [4.78, 5) is 12.6. The third-order valence-electron chi connectivity index (χ3n) is 5.35. The summed E-state index contributed by atoms with van der Waals surface area (Å²) in [7, 11) is 2.71. The zero-order valence-electron chi connectivity index (χ0n) is 17.6. The van der Waals surface area contributed by atoms with Crippen LogP contribution in [0.25, 0.3) is 22.3 Å². The number of phenols is 2. The molecule has 33 heavy (non-hydrogen) atoms. The standard InChI is InChI=1S/C22H22O11/c1-29-16-3-10(14-7-13(26)18-12(25)5-11(24)6-15(18)32-14)4-17(30-2)19(16)33-21-20(27)22(28,8-23)9-31-21/h3-7,20-21,23-25,27-28H,8-9H2,1-2H3/t20-,21-,22+/m0/s1. The molecule has 1 aliphatic heterocycles. The highest BCUT2D eigenvalue weighted by molar-refractivity contribution is 5.86. The number of benzene rings is 2. The largest absolute Gasteiger partial charge is 0.508 e. The van der Waals surface area contributed by atoms with E-state index in [9.17, 15) is 30.3 Å². The fraction of sp³-hybridized carbons (Fsp3) is 0.318. The molecule has 0 spiro atoms. The fourth-order valence-corrected chi connectivity index (χ4v) is 3.54.